The molecule has 0 bridgehead atoms. The van der Waals surface area contributed by atoms with Crippen LogP contribution >= 0.6 is 0 Å². The summed E-state index contributed by atoms with van der Waals surface area (Å²) in [6, 6.07) is -1.09. The topological polar surface area (TPSA) is 152 Å². The zero-order valence-corrected chi connectivity index (χ0v) is 24.9. The molecule has 0 saturated heterocycles. The van der Waals surface area contributed by atoms with E-state index in [-0.39, 0.29) is 63.5 Å². The van der Waals surface area contributed by atoms with Gasteiger partial charge in [0.05, 0.1) is 26.4 Å². The van der Waals surface area contributed by atoms with Crippen LogP contribution in [0.3, 0.4) is 0 Å². The summed E-state index contributed by atoms with van der Waals surface area (Å²) < 4.78 is 15.8. The molecular weight excluding hydrogens is 518 g/mol. The van der Waals surface area contributed by atoms with Gasteiger partial charge >= 0.3 is 5.97 Å². The number of carboxylic acid groups (broad SMARTS) is 1. The Bertz CT molecular complexity index is 663. The Morgan fingerprint density at radius 3 is 1.75 bits per heavy atom. The van der Waals surface area contributed by atoms with Crippen LogP contribution in [0.1, 0.15) is 104 Å². The second kappa shape index (κ2) is 28.3. The Morgan fingerprint density at radius 2 is 1.15 bits per heavy atom. The van der Waals surface area contributed by atoms with Crippen molar-refractivity contribution in [3.05, 3.63) is 0 Å². The van der Waals surface area contributed by atoms with Gasteiger partial charge in [-0.1, -0.05) is 71.6 Å². The number of ether oxygens (including phenoxy) is 3. The molecule has 0 aliphatic rings. The van der Waals surface area contributed by atoms with Crippen molar-refractivity contribution in [2.75, 3.05) is 52.7 Å². The van der Waals surface area contributed by atoms with Crippen LogP contribution in [0.5, 0.6) is 0 Å². The van der Waals surface area contributed by atoms with Gasteiger partial charge in [-0.3, -0.25) is 14.4 Å². The molecule has 11 nitrogen and oxygen atoms in total. The number of unbranched alkanes of at least 4 members (excludes halogenated alkanes) is 9. The van der Waals surface area contributed by atoms with Gasteiger partial charge in [0.1, 0.15) is 12.6 Å². The predicted molar refractivity (Wildman–Crippen MR) is 154 cm³/mol. The van der Waals surface area contributed by atoms with E-state index in [9.17, 15) is 24.3 Å². The molecule has 0 spiro atoms. The Hall–Kier alpha value is -2.24. The molecule has 11 heteroatoms. The van der Waals surface area contributed by atoms with Crippen LogP contribution < -0.4 is 16.0 Å². The molecule has 0 aromatic carbocycles. The normalized spacial score (nSPS) is 11.7. The van der Waals surface area contributed by atoms with Gasteiger partial charge in [0, 0.05) is 32.5 Å². The van der Waals surface area contributed by atoms with Gasteiger partial charge in [0.2, 0.25) is 17.7 Å². The fourth-order valence-corrected chi connectivity index (χ4v) is 3.87. The van der Waals surface area contributed by atoms with E-state index in [4.69, 9.17) is 14.2 Å². The van der Waals surface area contributed by atoms with Crippen molar-refractivity contribution in [1.82, 2.24) is 16.0 Å². The van der Waals surface area contributed by atoms with Crippen LogP contribution in [0.25, 0.3) is 0 Å². The highest BCUT2D eigenvalue weighted by Crippen LogP contribution is 2.11. The Morgan fingerprint density at radius 1 is 0.600 bits per heavy atom. The van der Waals surface area contributed by atoms with Gasteiger partial charge in [-0.15, -0.1) is 0 Å². The van der Waals surface area contributed by atoms with Crippen LogP contribution in [0.15, 0.2) is 0 Å². The molecule has 4 N–H and O–H groups in total. The molecule has 0 saturated carbocycles. The average molecular weight is 574 g/mol. The first-order chi connectivity index (χ1) is 19.4. The lowest BCUT2D eigenvalue weighted by Crippen LogP contribution is -2.41. The Balaban J connectivity index is 3.74. The van der Waals surface area contributed by atoms with Gasteiger partial charge in [0.15, 0.2) is 0 Å². The second-order valence-electron chi connectivity index (χ2n) is 9.91. The van der Waals surface area contributed by atoms with Crippen LogP contribution in [-0.4, -0.2) is 87.6 Å². The molecule has 0 unspecified atom stereocenters. The fourth-order valence-electron chi connectivity index (χ4n) is 3.87. The van der Waals surface area contributed by atoms with Crippen molar-refractivity contribution in [1.29, 1.82) is 0 Å². The maximum Gasteiger partial charge on any atom is 0.326 e. The standard InChI is InChI=1S/C29H55N3O8/c1-3-5-6-7-8-9-10-11-12-13-14-27(34)32-25(29(36)37)15-16-26(33)30-17-21-39-22-23-40-24-28(35)31-18-20-38-19-4-2/h25H,3-24H2,1-2H3,(H,30,33)(H,31,35)(H,32,34)(H,36,37)/t25-/m0/s1. The van der Waals surface area contributed by atoms with E-state index in [0.29, 0.717) is 26.2 Å². The first kappa shape index (κ1) is 37.8. The van der Waals surface area contributed by atoms with Crippen molar-refractivity contribution >= 4 is 23.7 Å². The smallest absolute Gasteiger partial charge is 0.326 e. The Labute approximate surface area is 240 Å². The lowest BCUT2D eigenvalue weighted by Gasteiger charge is -2.14. The molecule has 0 aliphatic heterocycles. The molecule has 40 heavy (non-hydrogen) atoms. The third-order valence-corrected chi connectivity index (χ3v) is 6.14. The molecule has 0 heterocycles. The van der Waals surface area contributed by atoms with E-state index >= 15 is 0 Å². The van der Waals surface area contributed by atoms with Crippen LogP contribution in [0, 0.1) is 0 Å². The largest absolute Gasteiger partial charge is 0.480 e. The van der Waals surface area contributed by atoms with E-state index in [2.05, 4.69) is 22.9 Å². The number of hydrogen-bond donors (Lipinski definition) is 4. The average Bonchev–Trinajstić information content (AvgIpc) is 2.93. The highest BCUT2D eigenvalue weighted by Gasteiger charge is 2.20. The van der Waals surface area contributed by atoms with Gasteiger partial charge in [-0.25, -0.2) is 4.79 Å². The van der Waals surface area contributed by atoms with Crippen LogP contribution in [-0.2, 0) is 33.4 Å². The van der Waals surface area contributed by atoms with E-state index in [0.717, 1.165) is 25.7 Å². The molecule has 0 aromatic heterocycles. The molecule has 0 aliphatic carbocycles. The number of carbonyl (C=O) groups excluding carboxylic acids is 3. The summed E-state index contributed by atoms with van der Waals surface area (Å²) in [6.45, 7) is 6.79. The number of nitrogens with one attached hydrogen (secondary N) is 3. The number of carboxylic acids is 1. The summed E-state index contributed by atoms with van der Waals surface area (Å²) >= 11 is 0. The molecule has 3 amide bonds. The number of hydrogen-bond acceptors (Lipinski definition) is 7. The lowest BCUT2D eigenvalue weighted by atomic mass is 10.1. The van der Waals surface area contributed by atoms with Crippen molar-refractivity contribution in [3.8, 4) is 0 Å². The number of carbonyl (C=O) groups is 4. The summed E-state index contributed by atoms with van der Waals surface area (Å²) in [7, 11) is 0. The maximum atomic E-state index is 12.1. The van der Waals surface area contributed by atoms with Gasteiger partial charge in [-0.2, -0.15) is 0 Å². The van der Waals surface area contributed by atoms with Crippen LogP contribution in [0.4, 0.5) is 0 Å². The zero-order valence-electron chi connectivity index (χ0n) is 24.9. The first-order valence-electron chi connectivity index (χ1n) is 15.2. The van der Waals surface area contributed by atoms with Gasteiger partial charge in [0.25, 0.3) is 0 Å². The number of amides is 3. The molecule has 0 radical (unpaired) electrons. The first-order valence-corrected chi connectivity index (χ1v) is 15.2. The molecular formula is C29H55N3O8. The fraction of sp³-hybridized carbons (Fsp3) is 0.862. The van der Waals surface area contributed by atoms with E-state index < -0.39 is 12.0 Å². The highest BCUT2D eigenvalue weighted by molar-refractivity contribution is 5.84. The highest BCUT2D eigenvalue weighted by atomic mass is 16.5. The summed E-state index contributed by atoms with van der Waals surface area (Å²) in [4.78, 5) is 47.3. The van der Waals surface area contributed by atoms with E-state index in [1.54, 1.807) is 0 Å². The zero-order chi connectivity index (χ0) is 29.7. The molecule has 234 valence electrons. The number of aliphatic carboxylic acids is 1. The molecule has 0 rings (SSSR count). The van der Waals surface area contributed by atoms with Gasteiger partial charge in [-0.05, 0) is 19.3 Å². The summed E-state index contributed by atoms with van der Waals surface area (Å²) in [5.41, 5.74) is 0. The lowest BCUT2D eigenvalue weighted by molar-refractivity contribution is -0.142. The third kappa shape index (κ3) is 26.0. The second-order valence-corrected chi connectivity index (χ2v) is 9.91. The molecule has 1 atom stereocenters. The number of rotatable bonds is 29. The van der Waals surface area contributed by atoms with E-state index in [1.165, 1.54) is 44.9 Å². The van der Waals surface area contributed by atoms with E-state index in [1.807, 2.05) is 6.92 Å². The summed E-state index contributed by atoms with van der Waals surface area (Å²) in [5, 5.41) is 17.3. The van der Waals surface area contributed by atoms with Crippen molar-refractivity contribution in [3.63, 3.8) is 0 Å². The summed E-state index contributed by atoms with van der Waals surface area (Å²) in [6.07, 6.45) is 12.9. The molecule has 0 fully saturated rings. The van der Waals surface area contributed by atoms with Crippen molar-refractivity contribution in [2.45, 2.75) is 110 Å². The minimum Gasteiger partial charge on any atom is -0.480 e. The molecule has 0 aromatic rings. The third-order valence-electron chi connectivity index (χ3n) is 6.14. The van der Waals surface area contributed by atoms with Gasteiger partial charge < -0.3 is 35.3 Å². The van der Waals surface area contributed by atoms with Crippen LogP contribution in [0.2, 0.25) is 0 Å². The Kier molecular flexibility index (Phi) is 26.7. The SMILES string of the molecule is CCCCCCCCCCCCC(=O)N[C@@H](CCC(=O)NCCOCCOCC(=O)NCCOCCC)C(=O)O. The quantitative estimate of drug-likeness (QED) is 0.0995. The monoisotopic (exact) mass is 573 g/mol. The minimum atomic E-state index is -1.15. The predicted octanol–water partition coefficient (Wildman–Crippen LogP) is 3.34. The van der Waals surface area contributed by atoms with Crippen molar-refractivity contribution in [2.24, 2.45) is 0 Å². The minimum absolute atomic E-state index is 0.0167. The maximum absolute atomic E-state index is 12.1. The summed E-state index contributed by atoms with van der Waals surface area (Å²) in [5.74, 6) is -1.97. The van der Waals surface area contributed by atoms with Crippen molar-refractivity contribution < 1.29 is 38.5 Å².